The summed E-state index contributed by atoms with van der Waals surface area (Å²) in [5, 5.41) is 10.1. The molecular weight excluding hydrogens is 242 g/mol. The van der Waals surface area contributed by atoms with Crippen LogP contribution in [0.25, 0.3) is 0 Å². The minimum atomic E-state index is -2.81. The fourth-order valence-electron chi connectivity index (χ4n) is 1.34. The van der Waals surface area contributed by atoms with Crippen LogP contribution >= 0.6 is 0 Å². The first-order chi connectivity index (χ1) is 7.57. The molecule has 5 heteroatoms. The van der Waals surface area contributed by atoms with E-state index in [-0.39, 0.29) is 10.8 Å². The molecule has 1 aromatic rings. The highest BCUT2D eigenvalue weighted by atomic mass is 28.3. The third-order valence-electron chi connectivity index (χ3n) is 3.65. The minimum absolute atomic E-state index is 0.0418. The van der Waals surface area contributed by atoms with Crippen LogP contribution in [-0.2, 0) is 0 Å². The van der Waals surface area contributed by atoms with Gasteiger partial charge in [0.25, 0.3) is 6.43 Å². The van der Waals surface area contributed by atoms with Crippen molar-refractivity contribution in [1.29, 1.82) is 0 Å². The maximum atomic E-state index is 12.4. The Hall–Kier alpha value is -0.683. The van der Waals surface area contributed by atoms with Gasteiger partial charge in [0.1, 0.15) is 13.8 Å². The van der Waals surface area contributed by atoms with Crippen molar-refractivity contribution in [2.75, 3.05) is 0 Å². The van der Waals surface area contributed by atoms with E-state index in [1.54, 1.807) is 6.07 Å². The smallest absolute Gasteiger partial charge is 0.271 e. The largest absolute Gasteiger partial charge is 0.468 e. The van der Waals surface area contributed by atoms with E-state index in [4.69, 9.17) is 4.42 Å². The summed E-state index contributed by atoms with van der Waals surface area (Å²) in [4.78, 5) is 0. The van der Waals surface area contributed by atoms with E-state index in [1.165, 1.54) is 6.07 Å². The lowest BCUT2D eigenvalue weighted by Crippen LogP contribution is -2.48. The van der Waals surface area contributed by atoms with Crippen molar-refractivity contribution >= 4 is 13.5 Å². The Kier molecular flexibility index (Phi) is 3.83. The number of alkyl halides is 2. The second kappa shape index (κ2) is 4.53. The number of hydrogen-bond donors (Lipinski definition) is 1. The molecule has 0 saturated carbocycles. The summed E-state index contributed by atoms with van der Waals surface area (Å²) < 4.78 is 30.1. The highest BCUT2D eigenvalue weighted by Crippen LogP contribution is 2.36. The number of aliphatic hydroxyl groups is 1. The second-order valence-corrected chi connectivity index (χ2v) is 11.1. The van der Waals surface area contributed by atoms with Crippen molar-refractivity contribution in [3.63, 3.8) is 0 Å². The number of aliphatic hydroxyl groups excluding tert-OH is 1. The van der Waals surface area contributed by atoms with E-state index in [1.807, 2.05) is 0 Å². The fraction of sp³-hybridized carbons (Fsp3) is 0.667. The Labute approximate surface area is 102 Å². The van der Waals surface area contributed by atoms with Gasteiger partial charge in [-0.15, -0.1) is 0 Å². The lowest BCUT2D eigenvalue weighted by molar-refractivity contribution is -0.0171. The van der Waals surface area contributed by atoms with Crippen molar-refractivity contribution in [3.8, 4) is 0 Å². The molecular formula is C12H20F2O2Si. The van der Waals surface area contributed by atoms with E-state index < -0.39 is 20.6 Å². The molecule has 98 valence electrons. The first-order valence-corrected chi connectivity index (χ1v) is 8.64. The predicted molar refractivity (Wildman–Crippen MR) is 66.5 cm³/mol. The van der Waals surface area contributed by atoms with Gasteiger partial charge in [-0.25, -0.2) is 8.78 Å². The van der Waals surface area contributed by atoms with Gasteiger partial charge in [0.2, 0.25) is 0 Å². The summed E-state index contributed by atoms with van der Waals surface area (Å²) >= 11 is 0. The van der Waals surface area contributed by atoms with Crippen LogP contribution in [0, 0.1) is 0 Å². The average Bonchev–Trinajstić information content (AvgIpc) is 2.63. The maximum absolute atomic E-state index is 12.4. The standard InChI is InChI=1S/C12H20F2O2Si/c1-12(2,3)17(4,5)9-7-6-8(16-9)10(15)11(13)14/h6-7,10-11,15H,1-5H3. The van der Waals surface area contributed by atoms with Gasteiger partial charge < -0.3 is 9.52 Å². The Balaban J connectivity index is 3.04. The molecule has 1 unspecified atom stereocenters. The van der Waals surface area contributed by atoms with E-state index >= 15 is 0 Å². The van der Waals surface area contributed by atoms with Crippen LogP contribution in [0.15, 0.2) is 16.5 Å². The molecule has 0 aromatic carbocycles. The van der Waals surface area contributed by atoms with Crippen LogP contribution < -0.4 is 5.38 Å². The fourth-order valence-corrected chi connectivity index (χ4v) is 2.95. The Morgan fingerprint density at radius 1 is 1.24 bits per heavy atom. The number of rotatable bonds is 3. The molecule has 1 aromatic heterocycles. The molecule has 1 heterocycles. The van der Waals surface area contributed by atoms with Gasteiger partial charge in [-0.05, 0) is 17.2 Å². The summed E-state index contributed by atoms with van der Waals surface area (Å²) in [6.45, 7) is 10.6. The first kappa shape index (κ1) is 14.4. The lowest BCUT2D eigenvalue weighted by atomic mass is 10.2. The highest BCUT2D eigenvalue weighted by molar-refractivity contribution is 6.91. The minimum Gasteiger partial charge on any atom is -0.468 e. The molecule has 17 heavy (non-hydrogen) atoms. The summed E-state index contributed by atoms with van der Waals surface area (Å²) in [5.74, 6) is -0.0418. The van der Waals surface area contributed by atoms with Gasteiger partial charge in [0.05, 0.1) is 5.38 Å². The lowest BCUT2D eigenvalue weighted by Gasteiger charge is -2.34. The zero-order chi connectivity index (χ0) is 13.4. The normalized spacial score (nSPS) is 15.4. The van der Waals surface area contributed by atoms with E-state index in [0.29, 0.717) is 0 Å². The quantitative estimate of drug-likeness (QED) is 0.848. The number of halogens is 2. The molecule has 1 atom stereocenters. The molecule has 0 amide bonds. The first-order valence-electron chi connectivity index (χ1n) is 5.64. The summed E-state index contributed by atoms with van der Waals surface area (Å²) in [6, 6.07) is 3.17. The SMILES string of the molecule is CC(C)(C)[Si](C)(C)c1ccc(C(O)C(F)F)o1. The molecule has 0 aliphatic carbocycles. The van der Waals surface area contributed by atoms with Crippen molar-refractivity contribution in [3.05, 3.63) is 17.9 Å². The zero-order valence-electron chi connectivity index (χ0n) is 10.9. The van der Waals surface area contributed by atoms with Gasteiger partial charge in [-0.2, -0.15) is 0 Å². The number of furan rings is 1. The summed E-state index contributed by atoms with van der Waals surface area (Å²) in [5.41, 5.74) is 0. The third-order valence-corrected chi connectivity index (χ3v) is 8.90. The second-order valence-electron chi connectivity index (χ2n) is 5.86. The van der Waals surface area contributed by atoms with E-state index in [0.717, 1.165) is 5.38 Å². The van der Waals surface area contributed by atoms with Crippen molar-refractivity contribution < 1.29 is 18.3 Å². The van der Waals surface area contributed by atoms with E-state index in [9.17, 15) is 13.9 Å². The van der Waals surface area contributed by atoms with Gasteiger partial charge >= 0.3 is 0 Å². The predicted octanol–water partition coefficient (Wildman–Crippen LogP) is 3.29. The molecule has 0 aliphatic rings. The zero-order valence-corrected chi connectivity index (χ0v) is 11.9. The van der Waals surface area contributed by atoms with Crippen LogP contribution in [0.1, 0.15) is 32.6 Å². The third kappa shape index (κ3) is 2.77. The molecule has 0 radical (unpaired) electrons. The van der Waals surface area contributed by atoms with E-state index in [2.05, 4.69) is 33.9 Å². The van der Waals surface area contributed by atoms with Gasteiger partial charge in [-0.1, -0.05) is 33.9 Å². The summed E-state index contributed by atoms with van der Waals surface area (Å²) in [7, 11) is -1.86. The van der Waals surface area contributed by atoms with Gasteiger partial charge in [0.15, 0.2) is 6.10 Å². The van der Waals surface area contributed by atoms with Crippen LogP contribution in [0.4, 0.5) is 8.78 Å². The summed E-state index contributed by atoms with van der Waals surface area (Å²) in [6.07, 6.45) is -4.64. The Morgan fingerprint density at radius 3 is 2.18 bits per heavy atom. The van der Waals surface area contributed by atoms with Crippen LogP contribution in [0.3, 0.4) is 0 Å². The van der Waals surface area contributed by atoms with Crippen LogP contribution in [0.2, 0.25) is 18.1 Å². The van der Waals surface area contributed by atoms with Crippen molar-refractivity contribution in [2.45, 2.75) is 51.4 Å². The molecule has 2 nitrogen and oxygen atoms in total. The monoisotopic (exact) mass is 262 g/mol. The van der Waals surface area contributed by atoms with Gasteiger partial charge in [-0.3, -0.25) is 0 Å². The highest BCUT2D eigenvalue weighted by Gasteiger charge is 2.40. The Morgan fingerprint density at radius 2 is 1.76 bits per heavy atom. The van der Waals surface area contributed by atoms with Crippen LogP contribution in [-0.4, -0.2) is 19.6 Å². The molecule has 1 N–H and O–H groups in total. The number of hydrogen-bond acceptors (Lipinski definition) is 2. The maximum Gasteiger partial charge on any atom is 0.271 e. The topological polar surface area (TPSA) is 33.4 Å². The molecule has 1 rings (SSSR count). The molecule has 0 aliphatic heterocycles. The van der Waals surface area contributed by atoms with Crippen LogP contribution in [0.5, 0.6) is 0 Å². The van der Waals surface area contributed by atoms with Crippen molar-refractivity contribution in [1.82, 2.24) is 0 Å². The molecule has 0 bridgehead atoms. The molecule has 0 fully saturated rings. The Bertz CT molecular complexity index is 380. The average molecular weight is 262 g/mol. The van der Waals surface area contributed by atoms with Gasteiger partial charge in [0, 0.05) is 0 Å². The molecule has 0 saturated heterocycles. The molecule has 0 spiro atoms. The van der Waals surface area contributed by atoms with Crippen molar-refractivity contribution in [2.24, 2.45) is 0 Å².